The summed E-state index contributed by atoms with van der Waals surface area (Å²) in [6, 6.07) is 0.248. The molecule has 0 spiro atoms. The lowest BCUT2D eigenvalue weighted by atomic mass is 9.69. The predicted octanol–water partition coefficient (Wildman–Crippen LogP) is 1.18. The molecule has 1 aromatic rings. The van der Waals surface area contributed by atoms with Gasteiger partial charge in [0.15, 0.2) is 0 Å². The first-order valence-corrected chi connectivity index (χ1v) is 7.38. The minimum Gasteiger partial charge on any atom is -0.477 e. The fourth-order valence-electron chi connectivity index (χ4n) is 2.99. The Balaban J connectivity index is 1.62. The van der Waals surface area contributed by atoms with Gasteiger partial charge in [0.1, 0.15) is 5.82 Å². The molecule has 0 amide bonds. The molecule has 4 unspecified atom stereocenters. The monoisotopic (exact) mass is 278 g/mol. The van der Waals surface area contributed by atoms with Crippen molar-refractivity contribution in [3.8, 4) is 5.88 Å². The van der Waals surface area contributed by atoms with Crippen LogP contribution in [0, 0.1) is 5.92 Å². The fraction of sp³-hybridized carbons (Fsp3) is 0.714. The van der Waals surface area contributed by atoms with Crippen molar-refractivity contribution in [3.05, 3.63) is 12.4 Å². The van der Waals surface area contributed by atoms with Crippen LogP contribution >= 0.6 is 0 Å². The molecule has 1 saturated heterocycles. The number of nitrogens with one attached hydrogen (secondary N) is 1. The molecule has 2 fully saturated rings. The second-order valence-electron chi connectivity index (χ2n) is 5.48. The molecule has 6 nitrogen and oxygen atoms in total. The zero-order valence-electron chi connectivity index (χ0n) is 11.8. The summed E-state index contributed by atoms with van der Waals surface area (Å²) in [6.07, 6.45) is 6.76. The quantitative estimate of drug-likeness (QED) is 0.841. The van der Waals surface area contributed by atoms with Crippen LogP contribution in [0.1, 0.15) is 26.2 Å². The Morgan fingerprint density at radius 2 is 2.40 bits per heavy atom. The number of aromatic nitrogens is 2. The number of nitrogens with two attached hydrogens (primary N) is 1. The molecule has 4 atom stereocenters. The van der Waals surface area contributed by atoms with Gasteiger partial charge in [0.05, 0.1) is 31.1 Å². The second kappa shape index (κ2) is 5.93. The Bertz CT molecular complexity index is 457. The lowest BCUT2D eigenvalue weighted by molar-refractivity contribution is -0.104. The summed E-state index contributed by atoms with van der Waals surface area (Å²) in [6.45, 7) is 3.54. The fourth-order valence-corrected chi connectivity index (χ4v) is 2.99. The Morgan fingerprint density at radius 3 is 3.25 bits per heavy atom. The van der Waals surface area contributed by atoms with Crippen LogP contribution in [0.2, 0.25) is 0 Å². The summed E-state index contributed by atoms with van der Waals surface area (Å²) < 4.78 is 11.3. The van der Waals surface area contributed by atoms with E-state index in [-0.39, 0.29) is 18.2 Å². The first-order valence-electron chi connectivity index (χ1n) is 7.38. The van der Waals surface area contributed by atoms with Crippen LogP contribution < -0.4 is 15.8 Å². The number of nitrogens with zero attached hydrogens (tertiary/aromatic N) is 2. The van der Waals surface area contributed by atoms with Crippen LogP contribution in [0.3, 0.4) is 0 Å². The van der Waals surface area contributed by atoms with Crippen molar-refractivity contribution in [2.45, 2.75) is 44.4 Å². The Labute approximate surface area is 119 Å². The maximum atomic E-state index is 6.22. The molecule has 1 aliphatic heterocycles. The minimum atomic E-state index is 0.121. The van der Waals surface area contributed by atoms with Gasteiger partial charge in [0.2, 0.25) is 5.88 Å². The van der Waals surface area contributed by atoms with Gasteiger partial charge in [-0.15, -0.1) is 0 Å². The third kappa shape index (κ3) is 2.58. The van der Waals surface area contributed by atoms with E-state index in [4.69, 9.17) is 15.2 Å². The Morgan fingerprint density at radius 1 is 1.50 bits per heavy atom. The molecule has 20 heavy (non-hydrogen) atoms. The van der Waals surface area contributed by atoms with Gasteiger partial charge in [-0.3, -0.25) is 4.98 Å². The molecule has 3 rings (SSSR count). The normalized spacial score (nSPS) is 32.1. The van der Waals surface area contributed by atoms with Gasteiger partial charge in [0, 0.05) is 18.6 Å². The zero-order valence-corrected chi connectivity index (χ0v) is 11.8. The molecule has 6 heteroatoms. The number of hydrogen-bond donors (Lipinski definition) is 2. The van der Waals surface area contributed by atoms with Gasteiger partial charge in [-0.2, -0.15) is 4.98 Å². The number of hydrogen-bond acceptors (Lipinski definition) is 6. The smallest absolute Gasteiger partial charge is 0.234 e. The lowest BCUT2D eigenvalue weighted by Gasteiger charge is -2.52. The van der Waals surface area contributed by atoms with Crippen molar-refractivity contribution in [1.29, 1.82) is 0 Å². The Hall–Kier alpha value is -1.40. The van der Waals surface area contributed by atoms with Crippen molar-refractivity contribution in [2.75, 3.05) is 18.5 Å². The van der Waals surface area contributed by atoms with Crippen molar-refractivity contribution >= 4 is 5.82 Å². The highest BCUT2D eigenvalue weighted by atomic mass is 16.5. The molecular formula is C14H22N4O2. The van der Waals surface area contributed by atoms with Crippen molar-refractivity contribution < 1.29 is 9.47 Å². The largest absolute Gasteiger partial charge is 0.477 e. The first-order chi connectivity index (χ1) is 9.79. The topological polar surface area (TPSA) is 82.3 Å². The van der Waals surface area contributed by atoms with E-state index in [2.05, 4.69) is 22.2 Å². The van der Waals surface area contributed by atoms with Gasteiger partial charge in [-0.25, -0.2) is 0 Å². The molecule has 2 aliphatic rings. The third-order valence-electron chi connectivity index (χ3n) is 4.06. The van der Waals surface area contributed by atoms with Crippen LogP contribution in [0.4, 0.5) is 5.82 Å². The zero-order chi connectivity index (χ0) is 13.9. The van der Waals surface area contributed by atoms with Crippen molar-refractivity contribution in [3.63, 3.8) is 0 Å². The molecule has 0 radical (unpaired) electrons. The van der Waals surface area contributed by atoms with Crippen molar-refractivity contribution in [2.24, 2.45) is 11.7 Å². The number of anilines is 1. The third-order valence-corrected chi connectivity index (χ3v) is 4.06. The standard InChI is InChI=1S/C14H22N4O2/c1-2-5-19-11-8-16-7-10(17-11)18-13-12(15)9-4-3-6-20-14(9)13/h7-9,12-14H,2-6,15H2,1H3,(H,17,18). The van der Waals surface area contributed by atoms with Gasteiger partial charge in [0.25, 0.3) is 0 Å². The van der Waals surface area contributed by atoms with Gasteiger partial charge in [-0.05, 0) is 19.3 Å². The first kappa shape index (κ1) is 13.6. The van der Waals surface area contributed by atoms with E-state index in [0.717, 1.165) is 25.9 Å². The van der Waals surface area contributed by atoms with Crippen LogP contribution in [0.5, 0.6) is 5.88 Å². The van der Waals surface area contributed by atoms with Gasteiger partial charge >= 0.3 is 0 Å². The molecule has 110 valence electrons. The summed E-state index contributed by atoms with van der Waals surface area (Å²) in [5.41, 5.74) is 6.22. The van der Waals surface area contributed by atoms with Crippen LogP contribution in [0.25, 0.3) is 0 Å². The average Bonchev–Trinajstić information content (AvgIpc) is 2.50. The second-order valence-corrected chi connectivity index (χ2v) is 5.48. The van der Waals surface area contributed by atoms with E-state index in [1.165, 1.54) is 0 Å². The number of fused-ring (bicyclic) bond motifs is 1. The van der Waals surface area contributed by atoms with E-state index in [0.29, 0.717) is 24.2 Å². The SMILES string of the molecule is CCCOc1cncc(NC2C(N)C3CCCOC32)n1. The van der Waals surface area contributed by atoms with Gasteiger partial charge < -0.3 is 20.5 Å². The number of ether oxygens (including phenoxy) is 2. The number of rotatable bonds is 5. The molecule has 1 aromatic heterocycles. The van der Waals surface area contributed by atoms with E-state index in [1.54, 1.807) is 12.4 Å². The van der Waals surface area contributed by atoms with E-state index >= 15 is 0 Å². The average molecular weight is 278 g/mol. The molecule has 0 aromatic carbocycles. The maximum Gasteiger partial charge on any atom is 0.234 e. The molecule has 2 heterocycles. The molecule has 0 bridgehead atoms. The summed E-state index contributed by atoms with van der Waals surface area (Å²) in [4.78, 5) is 8.54. The summed E-state index contributed by atoms with van der Waals surface area (Å²) >= 11 is 0. The molecule has 3 N–H and O–H groups in total. The van der Waals surface area contributed by atoms with E-state index in [9.17, 15) is 0 Å². The summed E-state index contributed by atoms with van der Waals surface area (Å²) in [7, 11) is 0. The summed E-state index contributed by atoms with van der Waals surface area (Å²) in [5.74, 6) is 1.73. The Kier molecular flexibility index (Phi) is 4.03. The van der Waals surface area contributed by atoms with Gasteiger partial charge in [-0.1, -0.05) is 6.92 Å². The maximum absolute atomic E-state index is 6.22. The lowest BCUT2D eigenvalue weighted by Crippen LogP contribution is -2.69. The minimum absolute atomic E-state index is 0.121. The predicted molar refractivity (Wildman–Crippen MR) is 75.7 cm³/mol. The van der Waals surface area contributed by atoms with Crippen LogP contribution in [-0.4, -0.2) is 41.4 Å². The van der Waals surface area contributed by atoms with Crippen LogP contribution in [0.15, 0.2) is 12.4 Å². The molecule has 1 saturated carbocycles. The van der Waals surface area contributed by atoms with E-state index in [1.807, 2.05) is 0 Å². The van der Waals surface area contributed by atoms with Crippen molar-refractivity contribution in [1.82, 2.24) is 9.97 Å². The highest BCUT2D eigenvalue weighted by molar-refractivity contribution is 5.37. The summed E-state index contributed by atoms with van der Waals surface area (Å²) in [5, 5.41) is 3.34. The highest BCUT2D eigenvalue weighted by Crippen LogP contribution is 2.38. The van der Waals surface area contributed by atoms with Crippen LogP contribution in [-0.2, 0) is 4.74 Å². The molecular weight excluding hydrogens is 256 g/mol. The van der Waals surface area contributed by atoms with E-state index < -0.39 is 0 Å². The highest BCUT2D eigenvalue weighted by Gasteiger charge is 2.50. The molecule has 1 aliphatic carbocycles.